The summed E-state index contributed by atoms with van der Waals surface area (Å²) in [6.07, 6.45) is 5.99. The first kappa shape index (κ1) is 16.4. The molecule has 0 unspecified atom stereocenters. The van der Waals surface area contributed by atoms with E-state index in [1.54, 1.807) is 0 Å². The molecule has 110 valence electrons. The first-order chi connectivity index (χ1) is 9.32. The van der Waals surface area contributed by atoms with Gasteiger partial charge < -0.3 is 15.8 Å². The van der Waals surface area contributed by atoms with Crippen molar-refractivity contribution in [2.75, 3.05) is 13.2 Å². The SMILES string of the molecule is C#CC(C)(C)NCC[C@@H](N)COc1cc(F)cc(F)c1. The third-order valence-corrected chi connectivity index (χ3v) is 2.74. The van der Waals surface area contributed by atoms with Crippen LogP contribution in [0.1, 0.15) is 20.3 Å². The average molecular weight is 282 g/mol. The Balaban J connectivity index is 2.33. The van der Waals surface area contributed by atoms with Crippen molar-refractivity contribution in [1.29, 1.82) is 0 Å². The Labute approximate surface area is 118 Å². The average Bonchev–Trinajstić information content (AvgIpc) is 2.35. The fraction of sp³-hybridized carbons (Fsp3) is 0.467. The maximum atomic E-state index is 12.9. The van der Waals surface area contributed by atoms with Crippen LogP contribution < -0.4 is 15.8 Å². The molecule has 0 fully saturated rings. The highest BCUT2D eigenvalue weighted by Gasteiger charge is 2.13. The smallest absolute Gasteiger partial charge is 0.129 e. The Kier molecular flexibility index (Phi) is 5.93. The lowest BCUT2D eigenvalue weighted by Crippen LogP contribution is -2.41. The topological polar surface area (TPSA) is 47.3 Å². The molecule has 0 aromatic heterocycles. The van der Waals surface area contributed by atoms with E-state index >= 15 is 0 Å². The second-order valence-electron chi connectivity index (χ2n) is 5.16. The van der Waals surface area contributed by atoms with Crippen molar-refractivity contribution in [3.05, 3.63) is 29.8 Å². The van der Waals surface area contributed by atoms with Crippen LogP contribution in [-0.4, -0.2) is 24.7 Å². The van der Waals surface area contributed by atoms with Crippen LogP contribution in [-0.2, 0) is 0 Å². The van der Waals surface area contributed by atoms with Gasteiger partial charge in [0.15, 0.2) is 0 Å². The summed E-state index contributed by atoms with van der Waals surface area (Å²) in [5.41, 5.74) is 5.48. The van der Waals surface area contributed by atoms with Crippen LogP contribution in [0.15, 0.2) is 18.2 Å². The zero-order valence-corrected chi connectivity index (χ0v) is 11.7. The summed E-state index contributed by atoms with van der Waals surface area (Å²) < 4.78 is 31.2. The molecule has 0 aliphatic heterocycles. The molecule has 3 N–H and O–H groups in total. The molecule has 0 amide bonds. The molecule has 0 radical (unpaired) electrons. The van der Waals surface area contributed by atoms with Crippen LogP contribution in [0.5, 0.6) is 5.75 Å². The van der Waals surface area contributed by atoms with Gasteiger partial charge in [0.1, 0.15) is 24.0 Å². The molecule has 1 atom stereocenters. The summed E-state index contributed by atoms with van der Waals surface area (Å²) in [6.45, 7) is 4.61. The van der Waals surface area contributed by atoms with Crippen LogP contribution in [0, 0.1) is 24.0 Å². The number of rotatable bonds is 7. The zero-order chi connectivity index (χ0) is 15.2. The quantitative estimate of drug-likeness (QED) is 0.753. The van der Waals surface area contributed by atoms with Gasteiger partial charge in [0.05, 0.1) is 5.54 Å². The Hall–Kier alpha value is -1.64. The van der Waals surface area contributed by atoms with E-state index in [2.05, 4.69) is 11.2 Å². The number of nitrogens with one attached hydrogen (secondary N) is 1. The Morgan fingerprint density at radius 2 is 1.95 bits per heavy atom. The maximum Gasteiger partial charge on any atom is 0.129 e. The maximum absolute atomic E-state index is 12.9. The highest BCUT2D eigenvalue weighted by atomic mass is 19.1. The third-order valence-electron chi connectivity index (χ3n) is 2.74. The molecular weight excluding hydrogens is 262 g/mol. The van der Waals surface area contributed by atoms with Crippen LogP contribution in [0.3, 0.4) is 0 Å². The highest BCUT2D eigenvalue weighted by molar-refractivity contribution is 5.23. The molecule has 3 nitrogen and oxygen atoms in total. The normalized spacial score (nSPS) is 12.8. The fourth-order valence-corrected chi connectivity index (χ4v) is 1.52. The van der Waals surface area contributed by atoms with E-state index in [1.165, 1.54) is 0 Å². The van der Waals surface area contributed by atoms with Crippen molar-refractivity contribution in [2.45, 2.75) is 31.8 Å². The minimum absolute atomic E-state index is 0.134. The molecule has 0 aliphatic rings. The number of hydrogen-bond acceptors (Lipinski definition) is 3. The van der Waals surface area contributed by atoms with Crippen LogP contribution >= 0.6 is 0 Å². The summed E-state index contributed by atoms with van der Waals surface area (Å²) in [5.74, 6) is 1.40. The van der Waals surface area contributed by atoms with E-state index in [0.717, 1.165) is 18.2 Å². The predicted molar refractivity (Wildman–Crippen MR) is 75.4 cm³/mol. The number of hydrogen-bond donors (Lipinski definition) is 2. The largest absolute Gasteiger partial charge is 0.492 e. The molecule has 5 heteroatoms. The monoisotopic (exact) mass is 282 g/mol. The van der Waals surface area contributed by atoms with E-state index < -0.39 is 11.6 Å². The van der Waals surface area contributed by atoms with Gasteiger partial charge in [0, 0.05) is 24.2 Å². The van der Waals surface area contributed by atoms with E-state index in [9.17, 15) is 8.78 Å². The summed E-state index contributed by atoms with van der Waals surface area (Å²) in [5, 5.41) is 3.16. The Bertz CT molecular complexity index is 463. The van der Waals surface area contributed by atoms with Crippen molar-refractivity contribution in [3.8, 4) is 18.1 Å². The van der Waals surface area contributed by atoms with Gasteiger partial charge in [-0.3, -0.25) is 0 Å². The zero-order valence-electron chi connectivity index (χ0n) is 11.7. The lowest BCUT2D eigenvalue weighted by Gasteiger charge is -2.21. The van der Waals surface area contributed by atoms with Gasteiger partial charge in [-0.15, -0.1) is 6.42 Å². The summed E-state index contributed by atoms with van der Waals surface area (Å²) in [7, 11) is 0. The van der Waals surface area contributed by atoms with Crippen molar-refractivity contribution >= 4 is 0 Å². The Morgan fingerprint density at radius 3 is 2.50 bits per heavy atom. The van der Waals surface area contributed by atoms with Crippen molar-refractivity contribution < 1.29 is 13.5 Å². The molecule has 0 aliphatic carbocycles. The Morgan fingerprint density at radius 1 is 1.35 bits per heavy atom. The molecule has 0 saturated heterocycles. The van der Waals surface area contributed by atoms with Gasteiger partial charge in [-0.1, -0.05) is 5.92 Å². The first-order valence-electron chi connectivity index (χ1n) is 6.39. The minimum atomic E-state index is -0.675. The molecule has 0 bridgehead atoms. The molecule has 1 rings (SSSR count). The molecule has 0 spiro atoms. The third kappa shape index (κ3) is 6.00. The van der Waals surface area contributed by atoms with Gasteiger partial charge in [0.2, 0.25) is 0 Å². The molecule has 0 heterocycles. The molecule has 1 aromatic rings. The van der Waals surface area contributed by atoms with E-state index in [4.69, 9.17) is 16.9 Å². The molecule has 0 saturated carbocycles. The lowest BCUT2D eigenvalue weighted by atomic mass is 10.1. The minimum Gasteiger partial charge on any atom is -0.492 e. The van der Waals surface area contributed by atoms with Crippen molar-refractivity contribution in [3.63, 3.8) is 0 Å². The summed E-state index contributed by atoms with van der Waals surface area (Å²) in [6, 6.07) is 2.78. The van der Waals surface area contributed by atoms with Gasteiger partial charge >= 0.3 is 0 Å². The van der Waals surface area contributed by atoms with Crippen LogP contribution in [0.25, 0.3) is 0 Å². The van der Waals surface area contributed by atoms with Gasteiger partial charge in [0.25, 0.3) is 0 Å². The van der Waals surface area contributed by atoms with Gasteiger partial charge in [-0.05, 0) is 26.8 Å². The summed E-state index contributed by atoms with van der Waals surface area (Å²) >= 11 is 0. The van der Waals surface area contributed by atoms with Crippen LogP contribution in [0.2, 0.25) is 0 Å². The lowest BCUT2D eigenvalue weighted by molar-refractivity contribution is 0.276. The van der Waals surface area contributed by atoms with E-state index in [1.807, 2.05) is 13.8 Å². The standard InChI is InChI=1S/C15H20F2N2O/c1-4-15(2,3)19-6-5-13(18)10-20-14-8-11(16)7-12(17)9-14/h1,7-9,13,19H,5-6,10,18H2,2-3H3/t13-/m1/s1. The number of terminal acetylenes is 1. The van der Waals surface area contributed by atoms with Crippen molar-refractivity contribution in [1.82, 2.24) is 5.32 Å². The van der Waals surface area contributed by atoms with Gasteiger partial charge in [-0.2, -0.15) is 0 Å². The highest BCUT2D eigenvalue weighted by Crippen LogP contribution is 2.15. The number of benzene rings is 1. The second kappa shape index (κ2) is 7.22. The number of halogens is 2. The number of nitrogens with two attached hydrogens (primary N) is 1. The van der Waals surface area contributed by atoms with Crippen molar-refractivity contribution in [2.24, 2.45) is 5.73 Å². The summed E-state index contributed by atoms with van der Waals surface area (Å²) in [4.78, 5) is 0. The first-order valence-corrected chi connectivity index (χ1v) is 6.39. The fourth-order valence-electron chi connectivity index (χ4n) is 1.52. The predicted octanol–water partition coefficient (Wildman–Crippen LogP) is 2.06. The van der Waals surface area contributed by atoms with E-state index in [0.29, 0.717) is 13.0 Å². The number of ether oxygens (including phenoxy) is 1. The molecule has 20 heavy (non-hydrogen) atoms. The second-order valence-corrected chi connectivity index (χ2v) is 5.16. The van der Waals surface area contributed by atoms with Crippen LogP contribution in [0.4, 0.5) is 8.78 Å². The van der Waals surface area contributed by atoms with Gasteiger partial charge in [-0.25, -0.2) is 8.78 Å². The molecule has 1 aromatic carbocycles. The molecular formula is C15H20F2N2O. The van der Waals surface area contributed by atoms with E-state index in [-0.39, 0.29) is 23.9 Å².